The smallest absolute Gasteiger partial charge is 0.256 e. The van der Waals surface area contributed by atoms with Gasteiger partial charge in [0.25, 0.3) is 5.91 Å². The molecule has 1 aromatic carbocycles. The molecule has 0 atom stereocenters. The van der Waals surface area contributed by atoms with Crippen molar-refractivity contribution in [1.29, 1.82) is 0 Å². The number of thiophene rings is 1. The minimum absolute atomic E-state index is 0.0715. The van der Waals surface area contributed by atoms with Crippen molar-refractivity contribution in [3.05, 3.63) is 88.1 Å². The molecule has 4 aromatic rings. The Kier molecular flexibility index (Phi) is 4.89. The van der Waals surface area contributed by atoms with E-state index in [1.165, 1.54) is 4.88 Å². The van der Waals surface area contributed by atoms with Crippen molar-refractivity contribution in [3.8, 4) is 0 Å². The SMILES string of the molecule is Cc1ccc(CN(Cc2ccccn2)C(=O)c2cccc3nccnc23)s1. The Morgan fingerprint density at radius 3 is 2.59 bits per heavy atom. The minimum atomic E-state index is -0.0715. The number of pyridine rings is 1. The highest BCUT2D eigenvalue weighted by molar-refractivity contribution is 7.11. The highest BCUT2D eigenvalue weighted by Crippen LogP contribution is 2.22. The molecule has 0 N–H and O–H groups in total. The molecule has 0 saturated carbocycles. The van der Waals surface area contributed by atoms with Crippen LogP contribution in [0.1, 0.15) is 25.8 Å². The number of nitrogens with zero attached hydrogens (tertiary/aromatic N) is 4. The maximum Gasteiger partial charge on any atom is 0.256 e. The highest BCUT2D eigenvalue weighted by atomic mass is 32.1. The lowest BCUT2D eigenvalue weighted by molar-refractivity contribution is 0.0731. The lowest BCUT2D eigenvalue weighted by atomic mass is 10.1. The molecule has 6 heteroatoms. The van der Waals surface area contributed by atoms with Crippen molar-refractivity contribution in [2.75, 3.05) is 0 Å². The molecule has 0 unspecified atom stereocenters. The molecule has 0 saturated heterocycles. The molecular weight excluding hydrogens is 356 g/mol. The van der Waals surface area contributed by atoms with Gasteiger partial charge in [0.1, 0.15) is 5.52 Å². The average Bonchev–Trinajstić information content (AvgIpc) is 3.12. The zero-order valence-electron chi connectivity index (χ0n) is 14.9. The highest BCUT2D eigenvalue weighted by Gasteiger charge is 2.20. The molecule has 0 aliphatic rings. The third-order valence-electron chi connectivity index (χ3n) is 4.24. The van der Waals surface area contributed by atoms with Crippen molar-refractivity contribution in [1.82, 2.24) is 19.9 Å². The first-order chi connectivity index (χ1) is 13.2. The van der Waals surface area contributed by atoms with Gasteiger partial charge < -0.3 is 4.90 Å². The van der Waals surface area contributed by atoms with Gasteiger partial charge in [-0.25, -0.2) is 0 Å². The number of benzene rings is 1. The number of hydrogen-bond donors (Lipinski definition) is 0. The van der Waals surface area contributed by atoms with Gasteiger partial charge in [-0.15, -0.1) is 11.3 Å². The lowest BCUT2D eigenvalue weighted by Crippen LogP contribution is -2.30. The summed E-state index contributed by atoms with van der Waals surface area (Å²) in [6.07, 6.45) is 5.00. The van der Waals surface area contributed by atoms with Gasteiger partial charge in [-0.1, -0.05) is 12.1 Å². The Hall–Kier alpha value is -3.12. The van der Waals surface area contributed by atoms with Gasteiger partial charge in [0.05, 0.1) is 29.9 Å². The molecule has 3 aromatic heterocycles. The van der Waals surface area contributed by atoms with Gasteiger partial charge in [-0.3, -0.25) is 19.7 Å². The first-order valence-corrected chi connectivity index (χ1v) is 9.46. The Bertz CT molecular complexity index is 1070. The van der Waals surface area contributed by atoms with E-state index in [0.29, 0.717) is 29.7 Å². The number of aromatic nitrogens is 3. The van der Waals surface area contributed by atoms with Gasteiger partial charge in [-0.05, 0) is 43.3 Å². The van der Waals surface area contributed by atoms with Crippen LogP contribution in [-0.4, -0.2) is 25.8 Å². The number of rotatable bonds is 5. The standard InChI is InChI=1S/C21H18N4OS/c1-15-8-9-17(27-15)14-25(13-16-5-2-3-10-22-16)21(26)18-6-4-7-19-20(18)24-12-11-23-19/h2-12H,13-14H2,1H3. The number of amides is 1. The van der Waals surface area contributed by atoms with Crippen LogP contribution in [-0.2, 0) is 13.1 Å². The number of para-hydroxylation sites is 1. The quantitative estimate of drug-likeness (QED) is 0.524. The van der Waals surface area contributed by atoms with Crippen molar-refractivity contribution >= 4 is 28.3 Å². The molecule has 0 aliphatic carbocycles. The van der Waals surface area contributed by atoms with Crippen molar-refractivity contribution in [2.24, 2.45) is 0 Å². The predicted molar refractivity (Wildman–Crippen MR) is 106 cm³/mol. The number of hydrogen-bond acceptors (Lipinski definition) is 5. The first kappa shape index (κ1) is 17.3. The first-order valence-electron chi connectivity index (χ1n) is 8.65. The van der Waals surface area contributed by atoms with Crippen LogP contribution in [0.15, 0.2) is 67.1 Å². The fourth-order valence-corrected chi connectivity index (χ4v) is 3.89. The van der Waals surface area contributed by atoms with Crippen LogP contribution in [0.25, 0.3) is 11.0 Å². The molecule has 27 heavy (non-hydrogen) atoms. The van der Waals surface area contributed by atoms with Gasteiger partial charge in [-0.2, -0.15) is 0 Å². The zero-order valence-corrected chi connectivity index (χ0v) is 15.7. The number of carbonyl (C=O) groups excluding carboxylic acids is 1. The molecule has 3 heterocycles. The lowest BCUT2D eigenvalue weighted by Gasteiger charge is -2.22. The Labute approximate surface area is 161 Å². The van der Waals surface area contributed by atoms with E-state index in [1.807, 2.05) is 41.3 Å². The van der Waals surface area contributed by atoms with Gasteiger partial charge in [0, 0.05) is 28.3 Å². The predicted octanol–water partition coefficient (Wildman–Crippen LogP) is 4.24. The molecule has 0 fully saturated rings. The van der Waals surface area contributed by atoms with E-state index in [9.17, 15) is 4.79 Å². The van der Waals surface area contributed by atoms with Crippen LogP contribution in [0.2, 0.25) is 0 Å². The molecule has 5 nitrogen and oxygen atoms in total. The van der Waals surface area contributed by atoms with E-state index >= 15 is 0 Å². The molecule has 1 amide bonds. The molecular formula is C21H18N4OS. The minimum Gasteiger partial charge on any atom is -0.328 e. The topological polar surface area (TPSA) is 59.0 Å². The van der Waals surface area contributed by atoms with Crippen LogP contribution < -0.4 is 0 Å². The molecule has 0 bridgehead atoms. The summed E-state index contributed by atoms with van der Waals surface area (Å²) in [6, 6.07) is 15.4. The van der Waals surface area contributed by atoms with Gasteiger partial charge in [0.2, 0.25) is 0 Å². The van der Waals surface area contributed by atoms with E-state index in [0.717, 1.165) is 10.6 Å². The number of aryl methyl sites for hydroxylation is 1. The number of carbonyl (C=O) groups is 1. The fraction of sp³-hybridized carbons (Fsp3) is 0.143. The van der Waals surface area contributed by atoms with Crippen molar-refractivity contribution in [2.45, 2.75) is 20.0 Å². The van der Waals surface area contributed by atoms with E-state index in [4.69, 9.17) is 0 Å². The van der Waals surface area contributed by atoms with Crippen LogP contribution in [0.4, 0.5) is 0 Å². The zero-order chi connectivity index (χ0) is 18.6. The average molecular weight is 374 g/mol. The maximum absolute atomic E-state index is 13.4. The Morgan fingerprint density at radius 2 is 1.81 bits per heavy atom. The Morgan fingerprint density at radius 1 is 0.926 bits per heavy atom. The van der Waals surface area contributed by atoms with Crippen LogP contribution in [0, 0.1) is 6.92 Å². The van der Waals surface area contributed by atoms with Crippen molar-refractivity contribution in [3.63, 3.8) is 0 Å². The molecule has 134 valence electrons. The monoisotopic (exact) mass is 374 g/mol. The summed E-state index contributed by atoms with van der Waals surface area (Å²) < 4.78 is 0. The third kappa shape index (κ3) is 3.85. The summed E-state index contributed by atoms with van der Waals surface area (Å²) in [6.45, 7) is 3.04. The fourth-order valence-electron chi connectivity index (χ4n) is 2.98. The van der Waals surface area contributed by atoms with Gasteiger partial charge in [0.15, 0.2) is 0 Å². The summed E-state index contributed by atoms with van der Waals surface area (Å²) in [5.41, 5.74) is 2.75. The van der Waals surface area contributed by atoms with Gasteiger partial charge >= 0.3 is 0 Å². The molecule has 0 spiro atoms. The summed E-state index contributed by atoms with van der Waals surface area (Å²) in [7, 11) is 0. The molecule has 0 aliphatic heterocycles. The van der Waals surface area contributed by atoms with E-state index in [2.05, 4.69) is 34.0 Å². The molecule has 0 radical (unpaired) electrons. The summed E-state index contributed by atoms with van der Waals surface area (Å²) >= 11 is 1.70. The second-order valence-corrected chi connectivity index (χ2v) is 7.60. The number of fused-ring (bicyclic) bond motifs is 1. The summed E-state index contributed by atoms with van der Waals surface area (Å²) in [4.78, 5) is 30.7. The van der Waals surface area contributed by atoms with Crippen LogP contribution >= 0.6 is 11.3 Å². The van der Waals surface area contributed by atoms with E-state index in [-0.39, 0.29) is 5.91 Å². The van der Waals surface area contributed by atoms with Crippen LogP contribution in [0.5, 0.6) is 0 Å². The molecule has 4 rings (SSSR count). The second-order valence-electron chi connectivity index (χ2n) is 6.22. The summed E-state index contributed by atoms with van der Waals surface area (Å²) in [5, 5.41) is 0. The largest absolute Gasteiger partial charge is 0.328 e. The van der Waals surface area contributed by atoms with E-state index < -0.39 is 0 Å². The van der Waals surface area contributed by atoms with E-state index in [1.54, 1.807) is 29.9 Å². The second kappa shape index (κ2) is 7.63. The third-order valence-corrected chi connectivity index (χ3v) is 5.22. The van der Waals surface area contributed by atoms with Crippen molar-refractivity contribution < 1.29 is 4.79 Å². The summed E-state index contributed by atoms with van der Waals surface area (Å²) in [5.74, 6) is -0.0715. The normalized spacial score (nSPS) is 10.9. The maximum atomic E-state index is 13.4. The Balaban J connectivity index is 1.71. The van der Waals surface area contributed by atoms with Crippen LogP contribution in [0.3, 0.4) is 0 Å².